The molecule has 5 rings (SSSR count). The highest BCUT2D eigenvalue weighted by molar-refractivity contribution is 9.10. The number of nitrogens with zero attached hydrogens (tertiary/aromatic N) is 2. The highest BCUT2D eigenvalue weighted by atomic mass is 79.9. The number of esters is 2. The van der Waals surface area contributed by atoms with Crippen molar-refractivity contribution in [2.75, 3.05) is 14.2 Å². The van der Waals surface area contributed by atoms with Crippen LogP contribution in [-0.2, 0) is 29.5 Å². The summed E-state index contributed by atoms with van der Waals surface area (Å²) in [5.41, 5.74) is 1.54. The molecule has 0 aliphatic rings. The van der Waals surface area contributed by atoms with Crippen molar-refractivity contribution in [2.24, 2.45) is 0 Å². The Kier molecular flexibility index (Phi) is 12.1. The topological polar surface area (TPSA) is 184 Å². The number of aromatic amines is 1. The normalized spacial score (nSPS) is 10.9. The van der Waals surface area contributed by atoms with Gasteiger partial charge in [-0.25, -0.2) is 39.2 Å². The number of hydrogen-bond acceptors (Lipinski definition) is 9. The molecule has 0 aliphatic heterocycles. The van der Waals surface area contributed by atoms with Crippen LogP contribution in [0, 0.1) is 13.8 Å². The third kappa shape index (κ3) is 8.27. The average molecular weight is 749 g/mol. The van der Waals surface area contributed by atoms with Crippen LogP contribution in [-0.4, -0.2) is 67.0 Å². The largest absolute Gasteiger partial charge is 0.477 e. The van der Waals surface area contributed by atoms with E-state index in [0.29, 0.717) is 10.0 Å². The van der Waals surface area contributed by atoms with Gasteiger partial charge in [-0.15, -0.1) is 0 Å². The number of rotatable bonds is 7. The zero-order chi connectivity index (χ0) is 34.9. The van der Waals surface area contributed by atoms with Gasteiger partial charge in [0, 0.05) is 18.6 Å². The van der Waals surface area contributed by atoms with Crippen molar-refractivity contribution >= 4 is 53.9 Å². The molecule has 5 aromatic rings. The van der Waals surface area contributed by atoms with Gasteiger partial charge in [0.2, 0.25) is 0 Å². The number of benzene rings is 2. The lowest BCUT2D eigenvalue weighted by atomic mass is 10.3. The number of carbonyl (C=O) groups excluding carboxylic acids is 2. The predicted octanol–water partition coefficient (Wildman–Crippen LogP) is 5.12. The van der Waals surface area contributed by atoms with Gasteiger partial charge in [0.05, 0.1) is 28.5 Å². The number of hydrogen-bond donors (Lipinski definition) is 2. The van der Waals surface area contributed by atoms with Crippen LogP contribution in [0.3, 0.4) is 0 Å². The second kappa shape index (κ2) is 15.6. The first kappa shape index (κ1) is 36.5. The van der Waals surface area contributed by atoms with E-state index >= 15 is 0 Å². The minimum absolute atomic E-state index is 0.0198. The van der Waals surface area contributed by atoms with Gasteiger partial charge < -0.3 is 19.6 Å². The average Bonchev–Trinajstić information content (AvgIpc) is 3.80. The Bertz CT molecular complexity index is 1960. The molecule has 0 saturated carbocycles. The molecule has 47 heavy (non-hydrogen) atoms. The summed E-state index contributed by atoms with van der Waals surface area (Å²) in [6.45, 7) is 3.41. The van der Waals surface area contributed by atoms with Crippen LogP contribution < -0.4 is 0 Å². The molecule has 0 spiro atoms. The fraction of sp³-hybridized carbons (Fsp3) is 0.129. The van der Waals surface area contributed by atoms with E-state index in [0.717, 1.165) is 13.5 Å². The van der Waals surface area contributed by atoms with E-state index in [1.165, 1.54) is 56.9 Å². The van der Waals surface area contributed by atoms with Gasteiger partial charge >= 0.3 is 17.9 Å². The van der Waals surface area contributed by atoms with Gasteiger partial charge in [0.25, 0.3) is 20.0 Å². The number of halogens is 1. The number of nitrogens with one attached hydrogen (secondary N) is 1. The summed E-state index contributed by atoms with van der Waals surface area (Å²) in [6.07, 6.45) is 4.27. The van der Waals surface area contributed by atoms with E-state index in [-0.39, 0.29) is 26.9 Å². The molecular formula is C31H30BrN3O10S2. The first-order valence-corrected chi connectivity index (χ1v) is 17.1. The summed E-state index contributed by atoms with van der Waals surface area (Å²) in [4.78, 5) is 36.4. The van der Waals surface area contributed by atoms with E-state index in [1.54, 1.807) is 68.6 Å². The molecule has 0 atom stereocenters. The first-order valence-electron chi connectivity index (χ1n) is 13.4. The van der Waals surface area contributed by atoms with Crippen molar-refractivity contribution in [1.29, 1.82) is 0 Å². The molecule has 16 heteroatoms. The van der Waals surface area contributed by atoms with Crippen LogP contribution >= 0.6 is 15.9 Å². The Morgan fingerprint density at radius 2 is 1.13 bits per heavy atom. The Hall–Kier alpha value is -4.93. The van der Waals surface area contributed by atoms with Gasteiger partial charge in [0.15, 0.2) is 5.69 Å². The molecule has 0 aliphatic carbocycles. The molecule has 0 saturated heterocycles. The van der Waals surface area contributed by atoms with E-state index < -0.39 is 38.0 Å². The van der Waals surface area contributed by atoms with E-state index in [1.807, 2.05) is 0 Å². The van der Waals surface area contributed by atoms with Gasteiger partial charge in [-0.1, -0.05) is 36.4 Å². The molecule has 0 fully saturated rings. The lowest BCUT2D eigenvalue weighted by molar-refractivity contribution is 0.0583. The number of aryl methyl sites for hydroxylation is 2. The van der Waals surface area contributed by atoms with Crippen molar-refractivity contribution in [3.63, 3.8) is 0 Å². The van der Waals surface area contributed by atoms with E-state index in [9.17, 15) is 31.2 Å². The molecule has 2 N–H and O–H groups in total. The molecule has 248 valence electrons. The summed E-state index contributed by atoms with van der Waals surface area (Å²) in [5, 5.41) is 8.42. The SMILES string of the molecule is COC(=O)c1c(Br)ccn1S(=O)(=O)c1ccccc1.COC(=O)c1c(C)ccn1S(=O)(=O)c1ccccc1.Cc1cc[nH]c1C(=O)O. The van der Waals surface area contributed by atoms with Gasteiger partial charge in [0.1, 0.15) is 11.4 Å². The minimum atomic E-state index is -3.82. The number of H-pyrrole nitrogens is 1. The number of carboxylic acids is 1. The van der Waals surface area contributed by atoms with Crippen molar-refractivity contribution < 1.29 is 45.8 Å². The van der Waals surface area contributed by atoms with Gasteiger partial charge in [-0.05, 0) is 83.4 Å². The number of methoxy groups -OCH3 is 2. The number of aromatic carboxylic acids is 1. The lowest BCUT2D eigenvalue weighted by Gasteiger charge is -2.09. The zero-order valence-electron chi connectivity index (χ0n) is 25.4. The maximum Gasteiger partial charge on any atom is 0.356 e. The van der Waals surface area contributed by atoms with Crippen molar-refractivity contribution in [3.8, 4) is 0 Å². The fourth-order valence-electron chi connectivity index (χ4n) is 4.02. The molecular weight excluding hydrogens is 718 g/mol. The smallest absolute Gasteiger partial charge is 0.356 e. The molecule has 0 amide bonds. The first-order chi connectivity index (χ1) is 22.2. The third-order valence-electron chi connectivity index (χ3n) is 6.38. The maximum absolute atomic E-state index is 12.4. The lowest BCUT2D eigenvalue weighted by Crippen LogP contribution is -2.19. The number of carbonyl (C=O) groups is 3. The van der Waals surface area contributed by atoms with Crippen molar-refractivity contribution in [2.45, 2.75) is 23.6 Å². The second-order valence-corrected chi connectivity index (χ2v) is 13.9. The van der Waals surface area contributed by atoms with Crippen LogP contribution in [0.1, 0.15) is 42.6 Å². The standard InChI is InChI=1S/C13H13NO4S.C12H10BrNO4S.C6H7NO2/c1-10-8-9-14(12(10)13(15)18-2)19(16,17)11-6-4-3-5-7-11;1-18-12(15)11-10(13)7-8-14(11)19(16,17)9-5-3-2-4-6-9;1-4-2-3-7-5(4)6(8)9/h3-9H,1-2H3;2-8H,1H3;2-3,7H,1H3,(H,8,9). The second-order valence-electron chi connectivity index (χ2n) is 9.41. The summed E-state index contributed by atoms with van der Waals surface area (Å²) in [7, 11) is -5.19. The third-order valence-corrected chi connectivity index (χ3v) is 10.4. The minimum Gasteiger partial charge on any atom is -0.477 e. The summed E-state index contributed by atoms with van der Waals surface area (Å²) >= 11 is 3.14. The molecule has 13 nitrogen and oxygen atoms in total. The molecule has 0 bridgehead atoms. The highest BCUT2D eigenvalue weighted by Crippen LogP contribution is 2.24. The van der Waals surface area contributed by atoms with E-state index in [4.69, 9.17) is 5.11 Å². The molecule has 0 unspecified atom stereocenters. The van der Waals surface area contributed by atoms with E-state index in [2.05, 4.69) is 30.4 Å². The zero-order valence-corrected chi connectivity index (χ0v) is 28.7. The van der Waals surface area contributed by atoms with Gasteiger partial charge in [-0.3, -0.25) is 0 Å². The van der Waals surface area contributed by atoms with Gasteiger partial charge in [-0.2, -0.15) is 0 Å². The number of carboxylic acid groups (broad SMARTS) is 1. The monoisotopic (exact) mass is 747 g/mol. The Balaban J connectivity index is 0.000000204. The molecule has 3 aromatic heterocycles. The van der Waals surface area contributed by atoms with Crippen LogP contribution in [0.2, 0.25) is 0 Å². The Morgan fingerprint density at radius 1 is 0.681 bits per heavy atom. The quantitative estimate of drug-likeness (QED) is 0.212. The van der Waals surface area contributed by atoms with Crippen molar-refractivity contribution in [1.82, 2.24) is 12.9 Å². The maximum atomic E-state index is 12.4. The van der Waals surface area contributed by atoms with Crippen LogP contribution in [0.25, 0.3) is 0 Å². The molecule has 3 heterocycles. The Morgan fingerprint density at radius 3 is 1.53 bits per heavy atom. The van der Waals surface area contributed by atoms with Crippen molar-refractivity contribution in [3.05, 3.63) is 130 Å². The molecule has 2 aromatic carbocycles. The molecule has 0 radical (unpaired) electrons. The van der Waals surface area contributed by atoms with Crippen LogP contribution in [0.5, 0.6) is 0 Å². The highest BCUT2D eigenvalue weighted by Gasteiger charge is 2.26. The number of ether oxygens (including phenoxy) is 2. The fourth-order valence-corrected chi connectivity index (χ4v) is 7.38. The van der Waals surface area contributed by atoms with Crippen LogP contribution in [0.4, 0.5) is 0 Å². The number of aromatic nitrogens is 3. The predicted molar refractivity (Wildman–Crippen MR) is 175 cm³/mol. The summed E-state index contributed by atoms with van der Waals surface area (Å²) in [5.74, 6) is -2.31. The Labute approximate surface area is 279 Å². The summed E-state index contributed by atoms with van der Waals surface area (Å²) in [6, 6.07) is 20.6. The summed E-state index contributed by atoms with van der Waals surface area (Å²) < 4.78 is 61.2. The van der Waals surface area contributed by atoms with Crippen LogP contribution in [0.15, 0.2) is 112 Å².